The van der Waals surface area contributed by atoms with Crippen LogP contribution in [0.25, 0.3) is 11.4 Å². The number of benzene rings is 3. The SMILES string of the molecule is O=C(Cn1nnc(-c2cccc(Cl)c2)n1)Nc1ccccc1C(=O)NCc1ccccc1. The largest absolute Gasteiger partial charge is 0.348 e. The van der Waals surface area contributed by atoms with Gasteiger partial charge in [-0.25, -0.2) is 0 Å². The van der Waals surface area contributed by atoms with Crippen LogP contribution >= 0.6 is 11.6 Å². The molecule has 0 aliphatic carbocycles. The van der Waals surface area contributed by atoms with Crippen LogP contribution in [0.3, 0.4) is 0 Å². The summed E-state index contributed by atoms with van der Waals surface area (Å²) >= 11 is 5.99. The van der Waals surface area contributed by atoms with Gasteiger partial charge in [-0.1, -0.05) is 66.2 Å². The molecule has 160 valence electrons. The lowest BCUT2D eigenvalue weighted by atomic mass is 10.1. The quantitative estimate of drug-likeness (QED) is 0.452. The molecule has 2 amide bonds. The summed E-state index contributed by atoms with van der Waals surface area (Å²) in [7, 11) is 0. The van der Waals surface area contributed by atoms with Crippen LogP contribution in [-0.4, -0.2) is 32.0 Å². The lowest BCUT2D eigenvalue weighted by molar-refractivity contribution is -0.117. The summed E-state index contributed by atoms with van der Waals surface area (Å²) < 4.78 is 0. The number of rotatable bonds is 7. The molecule has 9 heteroatoms. The van der Waals surface area contributed by atoms with Gasteiger partial charge in [-0.05, 0) is 35.0 Å². The molecule has 2 N–H and O–H groups in total. The van der Waals surface area contributed by atoms with E-state index >= 15 is 0 Å². The molecule has 0 saturated carbocycles. The molecule has 0 radical (unpaired) electrons. The third-order valence-corrected chi connectivity index (χ3v) is 4.80. The van der Waals surface area contributed by atoms with Crippen molar-refractivity contribution in [1.82, 2.24) is 25.5 Å². The molecule has 1 heterocycles. The van der Waals surface area contributed by atoms with E-state index in [0.29, 0.717) is 34.2 Å². The minimum atomic E-state index is -0.386. The van der Waals surface area contributed by atoms with E-state index < -0.39 is 0 Å². The molecule has 3 aromatic carbocycles. The van der Waals surface area contributed by atoms with Crippen LogP contribution in [0, 0.1) is 0 Å². The topological polar surface area (TPSA) is 102 Å². The number of nitrogens with zero attached hydrogens (tertiary/aromatic N) is 4. The number of halogens is 1. The highest BCUT2D eigenvalue weighted by atomic mass is 35.5. The van der Waals surface area contributed by atoms with Gasteiger partial charge >= 0.3 is 0 Å². The molecule has 0 bridgehead atoms. The number of carbonyl (C=O) groups excluding carboxylic acids is 2. The predicted molar refractivity (Wildman–Crippen MR) is 121 cm³/mol. The zero-order chi connectivity index (χ0) is 22.3. The Morgan fingerprint density at radius 2 is 1.72 bits per heavy atom. The Labute approximate surface area is 189 Å². The van der Waals surface area contributed by atoms with E-state index in [2.05, 4.69) is 26.0 Å². The Balaban J connectivity index is 1.40. The zero-order valence-corrected chi connectivity index (χ0v) is 17.7. The average molecular weight is 447 g/mol. The van der Waals surface area contributed by atoms with Crippen molar-refractivity contribution in [3.63, 3.8) is 0 Å². The van der Waals surface area contributed by atoms with E-state index in [1.165, 1.54) is 4.80 Å². The Hall–Kier alpha value is -4.04. The molecule has 0 aliphatic heterocycles. The standard InChI is InChI=1S/C23H19ClN6O2/c24-18-10-6-9-17(13-18)22-27-29-30(28-22)15-21(31)26-20-12-5-4-11-19(20)23(32)25-14-16-7-2-1-3-8-16/h1-13H,14-15H2,(H,25,32)(H,26,31). The highest BCUT2D eigenvalue weighted by Crippen LogP contribution is 2.19. The zero-order valence-electron chi connectivity index (χ0n) is 16.9. The van der Waals surface area contributed by atoms with Crippen LogP contribution in [0.5, 0.6) is 0 Å². The van der Waals surface area contributed by atoms with Crippen molar-refractivity contribution >= 4 is 29.1 Å². The lowest BCUT2D eigenvalue weighted by Gasteiger charge is -2.11. The van der Waals surface area contributed by atoms with Gasteiger partial charge in [-0.15, -0.1) is 10.2 Å². The summed E-state index contributed by atoms with van der Waals surface area (Å²) in [6.07, 6.45) is 0. The molecule has 1 aromatic heterocycles. The first-order valence-corrected chi connectivity index (χ1v) is 10.2. The number of nitrogens with one attached hydrogen (secondary N) is 2. The maximum Gasteiger partial charge on any atom is 0.253 e. The number of amides is 2. The minimum absolute atomic E-state index is 0.159. The fourth-order valence-corrected chi connectivity index (χ4v) is 3.23. The van der Waals surface area contributed by atoms with Gasteiger partial charge in [-0.2, -0.15) is 4.80 Å². The maximum absolute atomic E-state index is 12.7. The summed E-state index contributed by atoms with van der Waals surface area (Å²) in [5.41, 5.74) is 2.45. The van der Waals surface area contributed by atoms with Gasteiger partial charge in [0, 0.05) is 17.1 Å². The van der Waals surface area contributed by atoms with E-state index in [9.17, 15) is 9.59 Å². The van der Waals surface area contributed by atoms with Crippen molar-refractivity contribution < 1.29 is 9.59 Å². The highest BCUT2D eigenvalue weighted by Gasteiger charge is 2.15. The Bertz CT molecular complexity index is 1240. The monoisotopic (exact) mass is 446 g/mol. The second-order valence-corrected chi connectivity index (χ2v) is 7.35. The van der Waals surface area contributed by atoms with Crippen LogP contribution in [-0.2, 0) is 17.9 Å². The van der Waals surface area contributed by atoms with Crippen molar-refractivity contribution in [1.29, 1.82) is 0 Å². The second-order valence-electron chi connectivity index (χ2n) is 6.92. The van der Waals surface area contributed by atoms with Crippen molar-refractivity contribution in [2.45, 2.75) is 13.1 Å². The van der Waals surface area contributed by atoms with Crippen LogP contribution in [0.2, 0.25) is 5.02 Å². The predicted octanol–water partition coefficient (Wildman–Crippen LogP) is 3.56. The van der Waals surface area contributed by atoms with Gasteiger partial charge in [0.2, 0.25) is 11.7 Å². The highest BCUT2D eigenvalue weighted by molar-refractivity contribution is 6.30. The molecule has 0 saturated heterocycles. The van der Waals surface area contributed by atoms with Gasteiger partial charge < -0.3 is 10.6 Å². The van der Waals surface area contributed by atoms with Gasteiger partial charge in [-0.3, -0.25) is 9.59 Å². The number of aromatic nitrogens is 4. The first-order valence-electron chi connectivity index (χ1n) is 9.83. The van der Waals surface area contributed by atoms with E-state index in [-0.39, 0.29) is 18.4 Å². The van der Waals surface area contributed by atoms with Gasteiger partial charge in [0.15, 0.2) is 0 Å². The summed E-state index contributed by atoms with van der Waals surface area (Å²) in [5.74, 6) is -0.309. The van der Waals surface area contributed by atoms with Crippen molar-refractivity contribution in [3.8, 4) is 11.4 Å². The van der Waals surface area contributed by atoms with Gasteiger partial charge in [0.1, 0.15) is 6.54 Å². The molecule has 0 spiro atoms. The number of hydrogen-bond acceptors (Lipinski definition) is 5. The third-order valence-electron chi connectivity index (χ3n) is 4.56. The molecule has 4 aromatic rings. The first-order chi connectivity index (χ1) is 15.6. The lowest BCUT2D eigenvalue weighted by Crippen LogP contribution is -2.26. The fourth-order valence-electron chi connectivity index (χ4n) is 3.04. The van der Waals surface area contributed by atoms with E-state index in [0.717, 1.165) is 5.56 Å². The summed E-state index contributed by atoms with van der Waals surface area (Å²) in [5, 5.41) is 18.3. The first kappa shape index (κ1) is 21.2. The summed E-state index contributed by atoms with van der Waals surface area (Å²) in [4.78, 5) is 26.4. The van der Waals surface area contributed by atoms with Crippen LogP contribution in [0.1, 0.15) is 15.9 Å². The van der Waals surface area contributed by atoms with Crippen LogP contribution in [0.4, 0.5) is 5.69 Å². The molecular formula is C23H19ClN6O2. The second kappa shape index (κ2) is 9.84. The Kier molecular flexibility index (Phi) is 6.52. The normalized spacial score (nSPS) is 10.5. The number of tetrazole rings is 1. The van der Waals surface area contributed by atoms with E-state index in [1.807, 2.05) is 30.3 Å². The molecule has 32 heavy (non-hydrogen) atoms. The van der Waals surface area contributed by atoms with Crippen LogP contribution in [0.15, 0.2) is 78.9 Å². The van der Waals surface area contributed by atoms with Crippen molar-refractivity contribution in [2.75, 3.05) is 5.32 Å². The summed E-state index contributed by atoms with van der Waals surface area (Å²) in [6.45, 7) is 0.227. The number of hydrogen-bond donors (Lipinski definition) is 2. The molecule has 4 rings (SSSR count). The molecular weight excluding hydrogens is 428 g/mol. The van der Waals surface area contributed by atoms with E-state index in [1.54, 1.807) is 48.5 Å². The van der Waals surface area contributed by atoms with Gasteiger partial charge in [0.05, 0.1) is 11.3 Å². The van der Waals surface area contributed by atoms with Gasteiger partial charge in [0.25, 0.3) is 5.91 Å². The molecule has 0 unspecified atom stereocenters. The molecule has 0 fully saturated rings. The fraction of sp³-hybridized carbons (Fsp3) is 0.0870. The Morgan fingerprint density at radius 3 is 2.53 bits per heavy atom. The van der Waals surface area contributed by atoms with Crippen LogP contribution < -0.4 is 10.6 Å². The Morgan fingerprint density at radius 1 is 0.938 bits per heavy atom. The number of carbonyl (C=O) groups is 2. The molecule has 0 aliphatic rings. The van der Waals surface area contributed by atoms with Crippen molar-refractivity contribution in [2.24, 2.45) is 0 Å². The summed E-state index contributed by atoms with van der Waals surface area (Å²) in [6, 6.07) is 23.4. The number of anilines is 1. The third kappa shape index (κ3) is 5.35. The van der Waals surface area contributed by atoms with E-state index in [4.69, 9.17) is 11.6 Å². The number of para-hydroxylation sites is 1. The average Bonchev–Trinajstić information content (AvgIpc) is 3.27. The molecule has 8 nitrogen and oxygen atoms in total. The molecule has 0 atom stereocenters. The maximum atomic E-state index is 12.7. The smallest absolute Gasteiger partial charge is 0.253 e. The van der Waals surface area contributed by atoms with Crippen molar-refractivity contribution in [3.05, 3.63) is 95.0 Å². The minimum Gasteiger partial charge on any atom is -0.348 e.